The Morgan fingerprint density at radius 3 is 2.29 bits per heavy atom. The van der Waals surface area contributed by atoms with Crippen LogP contribution in [0.2, 0.25) is 0 Å². The van der Waals surface area contributed by atoms with Crippen LogP contribution in [-0.2, 0) is 0 Å². The van der Waals surface area contributed by atoms with Crippen LogP contribution >= 0.6 is 11.8 Å². The minimum atomic E-state index is -0.316. The highest BCUT2D eigenvalue weighted by Gasteiger charge is 2.17. The second kappa shape index (κ2) is 14.2. The molecule has 5 rings (SSSR count). The van der Waals surface area contributed by atoms with Crippen LogP contribution in [-0.4, -0.2) is 60.2 Å². The summed E-state index contributed by atoms with van der Waals surface area (Å²) in [5.41, 5.74) is 5.50. The van der Waals surface area contributed by atoms with E-state index in [1.807, 2.05) is 69.3 Å². The molecule has 4 aromatic rings. The molecular weight excluding hydrogens is 544 g/mol. The molecule has 1 saturated heterocycles. The van der Waals surface area contributed by atoms with Gasteiger partial charge in [-0.15, -0.1) is 0 Å². The largest absolute Gasteiger partial charge is 0.491 e. The predicted molar refractivity (Wildman–Crippen MR) is 171 cm³/mol. The molecule has 0 aliphatic carbocycles. The van der Waals surface area contributed by atoms with E-state index < -0.39 is 0 Å². The third kappa shape index (κ3) is 8.24. The van der Waals surface area contributed by atoms with Crippen LogP contribution in [0.25, 0.3) is 0 Å². The molecule has 0 unspecified atom stereocenters. The number of hydrogen-bond donors (Lipinski definition) is 2. The number of nitrogens with zero attached hydrogens (tertiary/aromatic N) is 4. The van der Waals surface area contributed by atoms with E-state index in [-0.39, 0.29) is 6.03 Å². The number of carbonyl (C=O) groups is 1. The Morgan fingerprint density at radius 1 is 0.857 bits per heavy atom. The van der Waals surface area contributed by atoms with Gasteiger partial charge in [0.1, 0.15) is 5.75 Å². The van der Waals surface area contributed by atoms with Gasteiger partial charge in [-0.25, -0.2) is 14.8 Å². The maximum Gasteiger partial charge on any atom is 0.323 e. The zero-order valence-electron chi connectivity index (χ0n) is 24.5. The molecule has 218 valence electrons. The average molecular weight is 583 g/mol. The summed E-state index contributed by atoms with van der Waals surface area (Å²) in [5.74, 6) is 0.680. The van der Waals surface area contributed by atoms with E-state index in [2.05, 4.69) is 60.7 Å². The molecule has 0 atom stereocenters. The Balaban J connectivity index is 1.08. The quantitative estimate of drug-likeness (QED) is 0.157. The van der Waals surface area contributed by atoms with Crippen molar-refractivity contribution in [3.05, 3.63) is 95.8 Å². The van der Waals surface area contributed by atoms with Crippen molar-refractivity contribution in [3.63, 3.8) is 0 Å². The molecule has 9 heteroatoms. The van der Waals surface area contributed by atoms with Gasteiger partial charge < -0.3 is 20.3 Å². The molecule has 2 heterocycles. The highest BCUT2D eigenvalue weighted by Crippen LogP contribution is 2.29. The fraction of sp³-hybridized carbons (Fsp3) is 0.303. The average Bonchev–Trinajstić information content (AvgIpc) is 2.98. The van der Waals surface area contributed by atoms with Crippen LogP contribution in [0.15, 0.2) is 88.9 Å². The van der Waals surface area contributed by atoms with Crippen LogP contribution in [0, 0.1) is 20.8 Å². The van der Waals surface area contributed by atoms with E-state index in [9.17, 15) is 4.79 Å². The first-order valence-corrected chi connectivity index (χ1v) is 15.2. The molecule has 2 amide bonds. The first kappa shape index (κ1) is 29.4. The standard InChI is InChI=1S/C33H38N6O2S/c1-24-9-7-12-30(41-22-8-17-38-18-20-39(21-19-38)28-10-5-4-6-11-28)31(24)37-32(40)36-27-13-15-29(16-14-27)42-33-34-25(2)23-26(3)35-33/h4-7,9-16,23H,8,17-22H2,1-3H3,(H2,36,37,40). The van der Waals surface area contributed by atoms with Gasteiger partial charge in [-0.1, -0.05) is 30.3 Å². The second-order valence-corrected chi connectivity index (χ2v) is 11.5. The van der Waals surface area contributed by atoms with Crippen molar-refractivity contribution in [3.8, 4) is 5.75 Å². The molecule has 1 aliphatic heterocycles. The molecule has 1 aliphatic rings. The van der Waals surface area contributed by atoms with E-state index in [1.54, 1.807) is 0 Å². The minimum Gasteiger partial charge on any atom is -0.491 e. The molecule has 1 aromatic heterocycles. The lowest BCUT2D eigenvalue weighted by Crippen LogP contribution is -2.46. The summed E-state index contributed by atoms with van der Waals surface area (Å²) in [7, 11) is 0. The summed E-state index contributed by atoms with van der Waals surface area (Å²) in [4.78, 5) is 27.8. The van der Waals surface area contributed by atoms with E-state index in [1.165, 1.54) is 17.4 Å². The number of benzene rings is 3. The number of aryl methyl sites for hydroxylation is 3. The van der Waals surface area contributed by atoms with Gasteiger partial charge in [-0.05, 0) is 93.0 Å². The number of carbonyl (C=O) groups excluding carboxylic acids is 1. The fourth-order valence-corrected chi connectivity index (χ4v) is 5.85. The summed E-state index contributed by atoms with van der Waals surface area (Å²) in [6.45, 7) is 11.6. The zero-order valence-corrected chi connectivity index (χ0v) is 25.3. The number of anilines is 3. The summed E-state index contributed by atoms with van der Waals surface area (Å²) >= 11 is 1.50. The van der Waals surface area contributed by atoms with Gasteiger partial charge in [0.25, 0.3) is 0 Å². The number of para-hydroxylation sites is 2. The van der Waals surface area contributed by atoms with E-state index in [4.69, 9.17) is 4.74 Å². The highest BCUT2D eigenvalue weighted by atomic mass is 32.2. The molecule has 0 spiro atoms. The number of hydrogen-bond acceptors (Lipinski definition) is 7. The zero-order chi connectivity index (χ0) is 29.3. The van der Waals surface area contributed by atoms with Crippen molar-refractivity contribution >= 4 is 34.9 Å². The SMILES string of the molecule is Cc1cc(C)nc(Sc2ccc(NC(=O)Nc3c(C)cccc3OCCCN3CCN(c4ccccc4)CC3)cc2)n1. The molecule has 0 bridgehead atoms. The Kier molecular flexibility index (Phi) is 9.94. The predicted octanol–water partition coefficient (Wildman–Crippen LogP) is 6.79. The van der Waals surface area contributed by atoms with Gasteiger partial charge in [0, 0.05) is 60.4 Å². The van der Waals surface area contributed by atoms with Gasteiger partial charge >= 0.3 is 6.03 Å². The Labute approximate surface area is 252 Å². The molecular formula is C33H38N6O2S. The number of piperazine rings is 1. The number of ether oxygens (including phenoxy) is 1. The highest BCUT2D eigenvalue weighted by molar-refractivity contribution is 7.99. The topological polar surface area (TPSA) is 82.6 Å². The van der Waals surface area contributed by atoms with E-state index in [0.717, 1.165) is 61.0 Å². The van der Waals surface area contributed by atoms with Crippen molar-refractivity contribution in [2.24, 2.45) is 0 Å². The summed E-state index contributed by atoms with van der Waals surface area (Å²) in [5, 5.41) is 6.62. The lowest BCUT2D eigenvalue weighted by molar-refractivity contribution is 0.225. The number of amides is 2. The smallest absolute Gasteiger partial charge is 0.323 e. The molecule has 1 fully saturated rings. The van der Waals surface area contributed by atoms with Crippen molar-refractivity contribution in [1.82, 2.24) is 14.9 Å². The second-order valence-electron chi connectivity index (χ2n) is 10.5. The first-order chi connectivity index (χ1) is 20.4. The van der Waals surface area contributed by atoms with Crippen molar-refractivity contribution in [2.45, 2.75) is 37.2 Å². The minimum absolute atomic E-state index is 0.316. The van der Waals surface area contributed by atoms with Crippen LogP contribution in [0.1, 0.15) is 23.4 Å². The van der Waals surface area contributed by atoms with Crippen LogP contribution in [0.5, 0.6) is 5.75 Å². The number of nitrogens with one attached hydrogen (secondary N) is 2. The van der Waals surface area contributed by atoms with Gasteiger partial charge in [0.2, 0.25) is 0 Å². The van der Waals surface area contributed by atoms with E-state index >= 15 is 0 Å². The summed E-state index contributed by atoms with van der Waals surface area (Å²) in [6.07, 6.45) is 0.919. The Morgan fingerprint density at radius 2 is 1.57 bits per heavy atom. The summed E-state index contributed by atoms with van der Waals surface area (Å²) in [6, 6.07) is 25.7. The number of aromatic nitrogens is 2. The lowest BCUT2D eigenvalue weighted by Gasteiger charge is -2.36. The van der Waals surface area contributed by atoms with Crippen LogP contribution < -0.4 is 20.3 Å². The summed E-state index contributed by atoms with van der Waals surface area (Å²) < 4.78 is 6.15. The van der Waals surface area contributed by atoms with Gasteiger partial charge in [-0.3, -0.25) is 4.90 Å². The molecule has 42 heavy (non-hydrogen) atoms. The third-order valence-electron chi connectivity index (χ3n) is 7.13. The number of urea groups is 1. The third-order valence-corrected chi connectivity index (χ3v) is 8.00. The van der Waals surface area contributed by atoms with Crippen molar-refractivity contribution in [1.29, 1.82) is 0 Å². The molecule has 3 aromatic carbocycles. The Hall–Kier alpha value is -4.08. The molecule has 0 radical (unpaired) electrons. The van der Waals surface area contributed by atoms with Gasteiger partial charge in [0.05, 0.1) is 12.3 Å². The fourth-order valence-electron chi connectivity index (χ4n) is 4.99. The van der Waals surface area contributed by atoms with Crippen LogP contribution in [0.4, 0.5) is 21.9 Å². The number of rotatable bonds is 10. The maximum atomic E-state index is 12.9. The normalized spacial score (nSPS) is 13.5. The van der Waals surface area contributed by atoms with E-state index in [0.29, 0.717) is 28.9 Å². The van der Waals surface area contributed by atoms with Crippen LogP contribution in [0.3, 0.4) is 0 Å². The molecule has 2 N–H and O–H groups in total. The lowest BCUT2D eigenvalue weighted by atomic mass is 10.2. The monoisotopic (exact) mass is 582 g/mol. The van der Waals surface area contributed by atoms with Gasteiger partial charge in [0.15, 0.2) is 5.16 Å². The molecule has 0 saturated carbocycles. The first-order valence-electron chi connectivity index (χ1n) is 14.4. The maximum absolute atomic E-state index is 12.9. The van der Waals surface area contributed by atoms with Crippen molar-refractivity contribution < 1.29 is 9.53 Å². The van der Waals surface area contributed by atoms with Gasteiger partial charge in [-0.2, -0.15) is 0 Å². The van der Waals surface area contributed by atoms with Crippen molar-refractivity contribution in [2.75, 3.05) is 54.9 Å². The Bertz CT molecular complexity index is 1450. The molecule has 8 nitrogen and oxygen atoms in total.